The Morgan fingerprint density at radius 1 is 1.07 bits per heavy atom. The normalized spacial score (nSPS) is 12.3. The molecule has 3 amide bonds. The first-order chi connectivity index (χ1) is 13.0. The lowest BCUT2D eigenvalue weighted by Crippen LogP contribution is -2.28. The molecule has 0 bridgehead atoms. The molecular weight excluding hydrogens is 346 g/mol. The zero-order valence-corrected chi connectivity index (χ0v) is 15.7. The summed E-state index contributed by atoms with van der Waals surface area (Å²) in [7, 11) is 3.15. The number of ether oxygens (including phenoxy) is 2. The molecule has 142 valence electrons. The molecule has 0 radical (unpaired) electrons. The average molecular weight is 369 g/mol. The minimum Gasteiger partial charge on any atom is -0.493 e. The predicted molar refractivity (Wildman–Crippen MR) is 104 cm³/mol. The van der Waals surface area contributed by atoms with E-state index < -0.39 is 0 Å². The van der Waals surface area contributed by atoms with E-state index in [0.29, 0.717) is 30.3 Å². The summed E-state index contributed by atoms with van der Waals surface area (Å²) in [5, 5.41) is 5.62. The number of rotatable bonds is 5. The van der Waals surface area contributed by atoms with E-state index in [1.165, 1.54) is 0 Å². The smallest absolute Gasteiger partial charge is 0.319 e. The Labute approximate surface area is 158 Å². The monoisotopic (exact) mass is 369 g/mol. The fourth-order valence-corrected chi connectivity index (χ4v) is 3.13. The van der Waals surface area contributed by atoms with Gasteiger partial charge in [-0.15, -0.1) is 0 Å². The number of nitrogens with one attached hydrogen (secondary N) is 2. The highest BCUT2D eigenvalue weighted by molar-refractivity contribution is 5.96. The molecule has 27 heavy (non-hydrogen) atoms. The second-order valence-corrected chi connectivity index (χ2v) is 6.26. The minimum absolute atomic E-state index is 0.00352. The highest BCUT2D eigenvalue weighted by Crippen LogP contribution is 2.31. The number of urea groups is 1. The average Bonchev–Trinajstić information content (AvgIpc) is 3.09. The van der Waals surface area contributed by atoms with Crippen LogP contribution in [0.15, 0.2) is 36.4 Å². The van der Waals surface area contributed by atoms with E-state index >= 15 is 0 Å². The van der Waals surface area contributed by atoms with E-state index in [-0.39, 0.29) is 11.9 Å². The van der Waals surface area contributed by atoms with Crippen LogP contribution in [0, 0.1) is 0 Å². The van der Waals surface area contributed by atoms with Gasteiger partial charge in [-0.2, -0.15) is 0 Å². The highest BCUT2D eigenvalue weighted by atomic mass is 16.5. The zero-order valence-electron chi connectivity index (χ0n) is 15.7. The Balaban J connectivity index is 1.62. The van der Waals surface area contributed by atoms with E-state index in [0.717, 1.165) is 23.2 Å². The number of hydrogen-bond donors (Lipinski definition) is 2. The van der Waals surface area contributed by atoms with Crippen molar-refractivity contribution in [2.45, 2.75) is 19.9 Å². The van der Waals surface area contributed by atoms with E-state index in [1.54, 1.807) is 32.1 Å². The number of fused-ring (bicyclic) bond motifs is 1. The largest absolute Gasteiger partial charge is 0.493 e. The van der Waals surface area contributed by atoms with Crippen LogP contribution in [-0.4, -0.2) is 32.7 Å². The Hall–Kier alpha value is -3.22. The number of amides is 3. The lowest BCUT2D eigenvalue weighted by Gasteiger charge is -2.16. The molecule has 0 spiro atoms. The summed E-state index contributed by atoms with van der Waals surface area (Å²) >= 11 is 0. The molecule has 7 heteroatoms. The van der Waals surface area contributed by atoms with Crippen molar-refractivity contribution in [2.24, 2.45) is 0 Å². The molecule has 3 rings (SSSR count). The van der Waals surface area contributed by atoms with Gasteiger partial charge in [0.2, 0.25) is 5.91 Å². The number of anilines is 2. The zero-order chi connectivity index (χ0) is 19.4. The van der Waals surface area contributed by atoms with E-state index in [2.05, 4.69) is 10.6 Å². The molecule has 0 saturated carbocycles. The van der Waals surface area contributed by atoms with Crippen molar-refractivity contribution in [3.63, 3.8) is 0 Å². The molecule has 2 aromatic rings. The quantitative estimate of drug-likeness (QED) is 0.849. The van der Waals surface area contributed by atoms with Crippen LogP contribution >= 0.6 is 0 Å². The molecule has 2 N–H and O–H groups in total. The maximum Gasteiger partial charge on any atom is 0.319 e. The molecule has 0 aliphatic carbocycles. The van der Waals surface area contributed by atoms with Crippen molar-refractivity contribution >= 4 is 23.3 Å². The first-order valence-corrected chi connectivity index (χ1v) is 8.68. The molecule has 0 aromatic heterocycles. The Morgan fingerprint density at radius 2 is 1.85 bits per heavy atom. The lowest BCUT2D eigenvalue weighted by atomic mass is 10.1. The summed E-state index contributed by atoms with van der Waals surface area (Å²) in [6.45, 7) is 2.57. The van der Waals surface area contributed by atoms with Crippen molar-refractivity contribution in [1.82, 2.24) is 5.32 Å². The van der Waals surface area contributed by atoms with Gasteiger partial charge in [0.05, 0.1) is 14.2 Å². The SMILES string of the molecule is COc1ccc(CNC(=O)Nc2ccc3c(c2)N(C(C)=O)CC3)cc1OC. The first-order valence-electron chi connectivity index (χ1n) is 8.68. The fraction of sp³-hybridized carbons (Fsp3) is 0.300. The van der Waals surface area contributed by atoms with Crippen molar-refractivity contribution in [3.8, 4) is 11.5 Å². The van der Waals surface area contributed by atoms with Gasteiger partial charge in [-0.25, -0.2) is 4.79 Å². The molecule has 1 aliphatic heterocycles. The predicted octanol–water partition coefficient (Wildman–Crippen LogP) is 2.93. The molecule has 0 saturated heterocycles. The molecular formula is C20H23N3O4. The van der Waals surface area contributed by atoms with Crippen LogP contribution in [0.4, 0.5) is 16.2 Å². The van der Waals surface area contributed by atoms with Gasteiger partial charge < -0.3 is 25.0 Å². The van der Waals surface area contributed by atoms with Gasteiger partial charge in [0.15, 0.2) is 11.5 Å². The Morgan fingerprint density at radius 3 is 2.56 bits per heavy atom. The summed E-state index contributed by atoms with van der Waals surface area (Å²) < 4.78 is 10.5. The second kappa shape index (κ2) is 7.99. The van der Waals surface area contributed by atoms with Gasteiger partial charge in [0.25, 0.3) is 0 Å². The van der Waals surface area contributed by atoms with Crippen LogP contribution in [0.25, 0.3) is 0 Å². The van der Waals surface area contributed by atoms with E-state index in [4.69, 9.17) is 9.47 Å². The van der Waals surface area contributed by atoms with Gasteiger partial charge in [0.1, 0.15) is 0 Å². The minimum atomic E-state index is -0.322. The second-order valence-electron chi connectivity index (χ2n) is 6.26. The molecule has 2 aromatic carbocycles. The number of carbonyl (C=O) groups is 2. The third-order valence-corrected chi connectivity index (χ3v) is 4.52. The summed E-state index contributed by atoms with van der Waals surface area (Å²) in [5.41, 5.74) is 3.51. The Kier molecular flexibility index (Phi) is 5.49. The summed E-state index contributed by atoms with van der Waals surface area (Å²) in [4.78, 5) is 25.7. The molecule has 1 heterocycles. The molecule has 0 atom stereocenters. The van der Waals surface area contributed by atoms with Gasteiger partial charge in [-0.1, -0.05) is 12.1 Å². The number of methoxy groups -OCH3 is 2. The van der Waals surface area contributed by atoms with Crippen LogP contribution in [-0.2, 0) is 17.8 Å². The van der Waals surface area contributed by atoms with Gasteiger partial charge >= 0.3 is 6.03 Å². The van der Waals surface area contributed by atoms with Crippen LogP contribution in [0.1, 0.15) is 18.1 Å². The van der Waals surface area contributed by atoms with Gasteiger partial charge in [-0.3, -0.25) is 4.79 Å². The standard InChI is InChI=1S/C20H23N3O4/c1-13(24)23-9-8-15-5-6-16(11-17(15)23)22-20(25)21-12-14-4-7-18(26-2)19(10-14)27-3/h4-7,10-11H,8-9,12H2,1-3H3,(H2,21,22,25). The molecule has 1 aliphatic rings. The van der Waals surface area contributed by atoms with Gasteiger partial charge in [-0.05, 0) is 41.8 Å². The third-order valence-electron chi connectivity index (χ3n) is 4.52. The summed E-state index contributed by atoms with van der Waals surface area (Å²) in [5.74, 6) is 1.25. The third kappa shape index (κ3) is 4.13. The van der Waals surface area contributed by atoms with Crippen molar-refractivity contribution < 1.29 is 19.1 Å². The fourth-order valence-electron chi connectivity index (χ4n) is 3.13. The topological polar surface area (TPSA) is 79.9 Å². The van der Waals surface area contributed by atoms with Crippen molar-refractivity contribution in [1.29, 1.82) is 0 Å². The van der Waals surface area contributed by atoms with Crippen molar-refractivity contribution in [2.75, 3.05) is 31.0 Å². The number of carbonyl (C=O) groups excluding carboxylic acids is 2. The van der Waals surface area contributed by atoms with Crippen LogP contribution < -0.4 is 25.0 Å². The number of hydrogen-bond acceptors (Lipinski definition) is 4. The van der Waals surface area contributed by atoms with Crippen molar-refractivity contribution in [3.05, 3.63) is 47.5 Å². The Bertz CT molecular complexity index is 866. The van der Waals surface area contributed by atoms with E-state index in [1.807, 2.05) is 30.3 Å². The highest BCUT2D eigenvalue weighted by Gasteiger charge is 2.22. The van der Waals surface area contributed by atoms with Gasteiger partial charge in [0, 0.05) is 31.4 Å². The number of benzene rings is 2. The summed E-state index contributed by atoms with van der Waals surface area (Å²) in [6, 6.07) is 10.8. The lowest BCUT2D eigenvalue weighted by molar-refractivity contribution is -0.116. The summed E-state index contributed by atoms with van der Waals surface area (Å²) in [6.07, 6.45) is 0.834. The molecule has 0 fully saturated rings. The van der Waals surface area contributed by atoms with E-state index in [9.17, 15) is 9.59 Å². The number of nitrogens with zero attached hydrogens (tertiary/aromatic N) is 1. The maximum absolute atomic E-state index is 12.2. The first kappa shape index (κ1) is 18.6. The van der Waals surface area contributed by atoms with Crippen LogP contribution in [0.5, 0.6) is 11.5 Å². The molecule has 7 nitrogen and oxygen atoms in total. The van der Waals surface area contributed by atoms with Crippen LogP contribution in [0.3, 0.4) is 0 Å². The molecule has 0 unspecified atom stereocenters. The maximum atomic E-state index is 12.2. The van der Waals surface area contributed by atoms with Crippen LogP contribution in [0.2, 0.25) is 0 Å².